The smallest absolute Gasteiger partial charge is 0.264 e. The van der Waals surface area contributed by atoms with Gasteiger partial charge in [0.05, 0.1) is 10.6 Å². The van der Waals surface area contributed by atoms with E-state index in [4.69, 9.17) is 23.2 Å². The fourth-order valence-corrected chi connectivity index (χ4v) is 3.79. The molecule has 0 aromatic heterocycles. The Kier molecular flexibility index (Phi) is 5.11. The summed E-state index contributed by atoms with van der Waals surface area (Å²) in [5, 5.41) is -0.337. The number of carbonyl (C=O) groups excluding carboxylic acids is 1. The highest BCUT2D eigenvalue weighted by molar-refractivity contribution is 7.92. The van der Waals surface area contributed by atoms with E-state index in [1.807, 2.05) is 0 Å². The predicted molar refractivity (Wildman–Crippen MR) is 88.0 cm³/mol. The predicted octanol–water partition coefficient (Wildman–Crippen LogP) is 3.61. The molecule has 0 saturated carbocycles. The van der Waals surface area contributed by atoms with Gasteiger partial charge < -0.3 is 0 Å². The highest BCUT2D eigenvalue weighted by atomic mass is 35.5. The molecule has 116 valence electrons. The summed E-state index contributed by atoms with van der Waals surface area (Å²) in [6, 6.07) is 12.6. The van der Waals surface area contributed by atoms with Gasteiger partial charge in [-0.15, -0.1) is 0 Å². The Labute approximate surface area is 139 Å². The van der Waals surface area contributed by atoms with Gasteiger partial charge in [0.1, 0.15) is 6.54 Å². The Bertz CT molecular complexity index is 789. The number of anilines is 1. The molecule has 22 heavy (non-hydrogen) atoms. The summed E-state index contributed by atoms with van der Waals surface area (Å²) in [7, 11) is -3.92. The number of hydrogen-bond donors (Lipinski definition) is 0. The van der Waals surface area contributed by atoms with Crippen molar-refractivity contribution in [1.29, 1.82) is 0 Å². The van der Waals surface area contributed by atoms with Crippen molar-refractivity contribution in [2.75, 3.05) is 10.8 Å². The fraction of sp³-hybridized carbons (Fsp3) is 0.133. The fourth-order valence-electron chi connectivity index (χ4n) is 1.99. The average Bonchev–Trinajstić information content (AvgIpc) is 2.46. The number of aryl methyl sites for hydroxylation is 1. The van der Waals surface area contributed by atoms with Crippen LogP contribution in [0.5, 0.6) is 0 Å². The minimum Gasteiger partial charge on any atom is -0.279 e. The van der Waals surface area contributed by atoms with E-state index in [2.05, 4.69) is 0 Å². The van der Waals surface area contributed by atoms with E-state index in [1.165, 1.54) is 24.3 Å². The van der Waals surface area contributed by atoms with Crippen molar-refractivity contribution < 1.29 is 13.2 Å². The summed E-state index contributed by atoms with van der Waals surface area (Å²) in [6.45, 7) is 1.32. The van der Waals surface area contributed by atoms with Crippen molar-refractivity contribution in [3.05, 3.63) is 59.1 Å². The normalized spacial score (nSPS) is 11.2. The van der Waals surface area contributed by atoms with E-state index < -0.39 is 21.8 Å². The van der Waals surface area contributed by atoms with E-state index in [1.54, 1.807) is 31.2 Å². The van der Waals surface area contributed by atoms with Gasteiger partial charge in [-0.05, 0) is 54.4 Å². The lowest BCUT2D eigenvalue weighted by Gasteiger charge is -2.24. The van der Waals surface area contributed by atoms with Gasteiger partial charge in [0, 0.05) is 5.02 Å². The largest absolute Gasteiger partial charge is 0.279 e. The van der Waals surface area contributed by atoms with E-state index in [-0.39, 0.29) is 4.90 Å². The Balaban J connectivity index is 2.56. The zero-order chi connectivity index (χ0) is 16.3. The van der Waals surface area contributed by atoms with E-state index in [0.717, 1.165) is 9.87 Å². The zero-order valence-electron chi connectivity index (χ0n) is 11.7. The molecule has 2 rings (SSSR count). The van der Waals surface area contributed by atoms with Crippen LogP contribution in [0.25, 0.3) is 0 Å². The van der Waals surface area contributed by atoms with Gasteiger partial charge in [-0.1, -0.05) is 29.8 Å². The van der Waals surface area contributed by atoms with Crippen molar-refractivity contribution >= 4 is 44.2 Å². The van der Waals surface area contributed by atoms with Crippen LogP contribution < -0.4 is 4.31 Å². The number of sulfonamides is 1. The van der Waals surface area contributed by atoms with E-state index in [0.29, 0.717) is 10.7 Å². The summed E-state index contributed by atoms with van der Waals surface area (Å²) in [4.78, 5) is 11.3. The molecule has 0 aliphatic carbocycles. The third-order valence-electron chi connectivity index (χ3n) is 3.05. The molecule has 0 aliphatic heterocycles. The molecule has 0 atom stereocenters. The summed E-state index contributed by atoms with van der Waals surface area (Å²) >= 11 is 11.2. The quantitative estimate of drug-likeness (QED) is 0.768. The highest BCUT2D eigenvalue weighted by Gasteiger charge is 2.27. The van der Waals surface area contributed by atoms with Crippen molar-refractivity contribution in [3.63, 3.8) is 0 Å². The van der Waals surface area contributed by atoms with Crippen LogP contribution in [-0.4, -0.2) is 20.2 Å². The second-order valence-electron chi connectivity index (χ2n) is 4.61. The summed E-state index contributed by atoms with van der Waals surface area (Å²) in [5.41, 5.74) is 1.13. The first kappa shape index (κ1) is 16.8. The molecule has 7 heteroatoms. The topological polar surface area (TPSA) is 54.5 Å². The van der Waals surface area contributed by atoms with Gasteiger partial charge in [-0.25, -0.2) is 8.42 Å². The molecule has 2 aromatic rings. The minimum absolute atomic E-state index is 0.0399. The Morgan fingerprint density at radius 3 is 2.23 bits per heavy atom. The van der Waals surface area contributed by atoms with Crippen LogP contribution >= 0.6 is 23.2 Å². The number of hydrogen-bond acceptors (Lipinski definition) is 3. The van der Waals surface area contributed by atoms with Crippen molar-refractivity contribution in [3.8, 4) is 0 Å². The van der Waals surface area contributed by atoms with Crippen LogP contribution in [0.4, 0.5) is 5.69 Å². The maximum atomic E-state index is 12.8. The first-order valence-corrected chi connectivity index (χ1v) is 8.54. The molecule has 0 N–H and O–H groups in total. The molecular weight excluding hydrogens is 345 g/mol. The van der Waals surface area contributed by atoms with Crippen molar-refractivity contribution in [1.82, 2.24) is 0 Å². The van der Waals surface area contributed by atoms with Crippen LogP contribution in [-0.2, 0) is 14.8 Å². The Morgan fingerprint density at radius 2 is 1.68 bits per heavy atom. The minimum atomic E-state index is -3.92. The number of nitrogens with zero attached hydrogens (tertiary/aromatic N) is 1. The third-order valence-corrected chi connectivity index (χ3v) is 5.20. The number of carbonyl (C=O) groups is 1. The van der Waals surface area contributed by atoms with Crippen LogP contribution in [0.3, 0.4) is 0 Å². The van der Waals surface area contributed by atoms with E-state index in [9.17, 15) is 13.2 Å². The Hall–Kier alpha value is -1.56. The molecule has 0 saturated heterocycles. The first-order valence-electron chi connectivity index (χ1n) is 6.34. The molecule has 0 heterocycles. The summed E-state index contributed by atoms with van der Waals surface area (Å²) < 4.78 is 26.6. The van der Waals surface area contributed by atoms with Gasteiger partial charge in [-0.2, -0.15) is 0 Å². The van der Waals surface area contributed by atoms with Crippen LogP contribution in [0, 0.1) is 6.92 Å². The maximum absolute atomic E-state index is 12.8. The molecule has 0 radical (unpaired) electrons. The van der Waals surface area contributed by atoms with Crippen molar-refractivity contribution in [2.24, 2.45) is 0 Å². The van der Waals surface area contributed by atoms with E-state index >= 15 is 0 Å². The number of benzene rings is 2. The summed E-state index contributed by atoms with van der Waals surface area (Å²) in [6.07, 6.45) is 0. The molecule has 0 amide bonds. The lowest BCUT2D eigenvalue weighted by atomic mass is 10.2. The van der Waals surface area contributed by atoms with Crippen LogP contribution in [0.15, 0.2) is 53.4 Å². The highest BCUT2D eigenvalue weighted by Crippen LogP contribution is 2.27. The second-order valence-corrected chi connectivity index (χ2v) is 7.33. The molecule has 0 unspecified atom stereocenters. The molecule has 2 aromatic carbocycles. The lowest BCUT2D eigenvalue weighted by Crippen LogP contribution is -2.35. The molecule has 0 fully saturated rings. The van der Waals surface area contributed by atoms with Crippen LogP contribution in [0.1, 0.15) is 5.56 Å². The first-order chi connectivity index (χ1) is 10.3. The SMILES string of the molecule is Cc1ccccc1N(CC(=O)Cl)S(=O)(=O)c1ccc(Cl)cc1. The Morgan fingerprint density at radius 1 is 1.09 bits per heavy atom. The summed E-state index contributed by atoms with van der Waals surface area (Å²) in [5.74, 6) is 0. The van der Waals surface area contributed by atoms with Gasteiger partial charge in [0.15, 0.2) is 0 Å². The maximum Gasteiger partial charge on any atom is 0.264 e. The average molecular weight is 358 g/mol. The standard InChI is InChI=1S/C15H13Cl2NO3S/c1-11-4-2-3-5-14(11)18(10-15(17)19)22(20,21)13-8-6-12(16)7-9-13/h2-9H,10H2,1H3. The molecular formula is C15H13Cl2NO3S. The van der Waals surface area contributed by atoms with Gasteiger partial charge in [-0.3, -0.25) is 9.10 Å². The molecule has 0 spiro atoms. The number of para-hydroxylation sites is 1. The van der Waals surface area contributed by atoms with Crippen LogP contribution in [0.2, 0.25) is 5.02 Å². The molecule has 0 bridgehead atoms. The van der Waals surface area contributed by atoms with Gasteiger partial charge >= 0.3 is 0 Å². The molecule has 4 nitrogen and oxygen atoms in total. The number of rotatable bonds is 5. The number of halogens is 2. The lowest BCUT2D eigenvalue weighted by molar-refractivity contribution is -0.110. The zero-order valence-corrected chi connectivity index (χ0v) is 14.0. The van der Waals surface area contributed by atoms with Gasteiger partial charge in [0.2, 0.25) is 5.24 Å². The van der Waals surface area contributed by atoms with Crippen molar-refractivity contribution in [2.45, 2.75) is 11.8 Å². The monoisotopic (exact) mass is 357 g/mol. The molecule has 0 aliphatic rings. The second kappa shape index (κ2) is 6.69. The van der Waals surface area contributed by atoms with Gasteiger partial charge in [0.25, 0.3) is 10.0 Å². The third kappa shape index (κ3) is 3.61.